The summed E-state index contributed by atoms with van der Waals surface area (Å²) in [5.41, 5.74) is -0.0129. The summed E-state index contributed by atoms with van der Waals surface area (Å²) < 4.78 is 5.70. The van der Waals surface area contributed by atoms with Crippen LogP contribution in [0.15, 0.2) is 18.2 Å². The first kappa shape index (κ1) is 14.2. The van der Waals surface area contributed by atoms with Crippen molar-refractivity contribution in [2.75, 3.05) is 6.61 Å². The zero-order chi connectivity index (χ0) is 14.0. The molecule has 1 saturated carbocycles. The Morgan fingerprint density at radius 1 is 1.47 bits per heavy atom. The Balaban J connectivity index is 2.11. The van der Waals surface area contributed by atoms with Gasteiger partial charge in [-0.05, 0) is 50.7 Å². The van der Waals surface area contributed by atoms with Crippen molar-refractivity contribution in [2.45, 2.75) is 33.1 Å². The number of halogens is 1. The number of aliphatic carboxylic acids is 1. The molecule has 1 aliphatic carbocycles. The van der Waals surface area contributed by atoms with Gasteiger partial charge in [-0.25, -0.2) is 0 Å². The molecule has 0 aliphatic heterocycles. The highest BCUT2D eigenvalue weighted by Gasteiger charge is 2.29. The third-order valence-corrected chi connectivity index (χ3v) is 3.86. The van der Waals surface area contributed by atoms with Gasteiger partial charge >= 0.3 is 5.97 Å². The third kappa shape index (κ3) is 3.63. The van der Waals surface area contributed by atoms with Crippen LogP contribution < -0.4 is 4.74 Å². The van der Waals surface area contributed by atoms with Crippen LogP contribution in [-0.4, -0.2) is 17.7 Å². The average molecular weight is 283 g/mol. The van der Waals surface area contributed by atoms with E-state index in [4.69, 9.17) is 16.3 Å². The Kier molecular flexibility index (Phi) is 4.04. The van der Waals surface area contributed by atoms with E-state index in [0.29, 0.717) is 29.7 Å². The van der Waals surface area contributed by atoms with Gasteiger partial charge in [0.1, 0.15) is 5.75 Å². The molecule has 0 spiro atoms. The van der Waals surface area contributed by atoms with E-state index in [0.717, 1.165) is 5.56 Å². The summed E-state index contributed by atoms with van der Waals surface area (Å²) in [6, 6.07) is 5.56. The van der Waals surface area contributed by atoms with Crippen molar-refractivity contribution in [1.29, 1.82) is 0 Å². The van der Waals surface area contributed by atoms with Gasteiger partial charge in [0.05, 0.1) is 17.0 Å². The molecule has 0 amide bonds. The fourth-order valence-electron chi connectivity index (χ4n) is 1.85. The van der Waals surface area contributed by atoms with Gasteiger partial charge in [-0.2, -0.15) is 0 Å². The Morgan fingerprint density at radius 3 is 2.74 bits per heavy atom. The molecule has 0 saturated heterocycles. The second kappa shape index (κ2) is 5.41. The summed E-state index contributed by atoms with van der Waals surface area (Å²) in [4.78, 5) is 11.2. The lowest BCUT2D eigenvalue weighted by molar-refractivity contribution is -0.146. The fraction of sp³-hybridized carbons (Fsp3) is 0.533. The van der Waals surface area contributed by atoms with Crippen molar-refractivity contribution in [2.24, 2.45) is 11.3 Å². The Morgan fingerprint density at radius 2 is 2.16 bits per heavy atom. The van der Waals surface area contributed by atoms with Crippen LogP contribution in [0, 0.1) is 11.3 Å². The molecule has 2 rings (SSSR count). The van der Waals surface area contributed by atoms with Gasteiger partial charge in [0.25, 0.3) is 0 Å². The maximum absolute atomic E-state index is 11.2. The molecule has 3 nitrogen and oxygen atoms in total. The smallest absolute Gasteiger partial charge is 0.309 e. The van der Waals surface area contributed by atoms with Crippen molar-refractivity contribution in [1.82, 2.24) is 0 Å². The molecule has 4 heteroatoms. The second-order valence-electron chi connectivity index (χ2n) is 5.85. The predicted molar refractivity (Wildman–Crippen MR) is 74.8 cm³/mol. The number of hydrogen-bond acceptors (Lipinski definition) is 2. The summed E-state index contributed by atoms with van der Waals surface area (Å²) in [7, 11) is 0. The Labute approximate surface area is 118 Å². The van der Waals surface area contributed by atoms with Crippen LogP contribution in [0.3, 0.4) is 0 Å². The van der Waals surface area contributed by atoms with Crippen molar-refractivity contribution < 1.29 is 14.6 Å². The highest BCUT2D eigenvalue weighted by molar-refractivity contribution is 6.32. The van der Waals surface area contributed by atoms with Gasteiger partial charge in [-0.3, -0.25) is 4.79 Å². The van der Waals surface area contributed by atoms with Crippen LogP contribution in [-0.2, 0) is 11.2 Å². The molecule has 1 fully saturated rings. The maximum atomic E-state index is 11.2. The largest absolute Gasteiger partial charge is 0.492 e. The second-order valence-corrected chi connectivity index (χ2v) is 6.23. The number of carboxylic acid groups (broad SMARTS) is 1. The van der Waals surface area contributed by atoms with Crippen LogP contribution in [0.5, 0.6) is 5.75 Å². The van der Waals surface area contributed by atoms with Crippen molar-refractivity contribution >= 4 is 17.6 Å². The normalized spacial score (nSPS) is 15.3. The van der Waals surface area contributed by atoms with Gasteiger partial charge in [0.2, 0.25) is 0 Å². The fourth-order valence-corrected chi connectivity index (χ4v) is 2.10. The maximum Gasteiger partial charge on any atom is 0.309 e. The number of carboxylic acids is 1. The Hall–Kier alpha value is -1.22. The molecule has 1 N–H and O–H groups in total. The molecular weight excluding hydrogens is 264 g/mol. The lowest BCUT2D eigenvalue weighted by Crippen LogP contribution is -2.26. The molecule has 19 heavy (non-hydrogen) atoms. The summed E-state index contributed by atoms with van der Waals surface area (Å²) in [5, 5.41) is 9.71. The number of carbonyl (C=O) groups is 1. The first-order chi connectivity index (χ1) is 8.90. The molecular formula is C15H19ClO3. The topological polar surface area (TPSA) is 46.5 Å². The molecule has 0 bridgehead atoms. The highest BCUT2D eigenvalue weighted by Crippen LogP contribution is 2.35. The quantitative estimate of drug-likeness (QED) is 0.864. The zero-order valence-electron chi connectivity index (χ0n) is 11.3. The van der Waals surface area contributed by atoms with Gasteiger partial charge in [-0.1, -0.05) is 23.7 Å². The minimum absolute atomic E-state index is 0.391. The predicted octanol–water partition coefficient (Wildman–Crippen LogP) is 3.78. The Bertz CT molecular complexity index is 478. The number of rotatable bonds is 6. The van der Waals surface area contributed by atoms with Gasteiger partial charge < -0.3 is 9.84 Å². The molecule has 0 radical (unpaired) electrons. The number of ether oxygens (including phenoxy) is 1. The van der Waals surface area contributed by atoms with Crippen molar-refractivity contribution in [3.8, 4) is 5.75 Å². The van der Waals surface area contributed by atoms with E-state index in [1.54, 1.807) is 13.8 Å². The molecule has 1 aromatic carbocycles. The van der Waals surface area contributed by atoms with Crippen LogP contribution >= 0.6 is 11.6 Å². The monoisotopic (exact) mass is 282 g/mol. The molecule has 104 valence electrons. The van der Waals surface area contributed by atoms with E-state index >= 15 is 0 Å². The summed E-state index contributed by atoms with van der Waals surface area (Å²) >= 11 is 6.31. The zero-order valence-corrected chi connectivity index (χ0v) is 12.0. The van der Waals surface area contributed by atoms with E-state index in [1.165, 1.54) is 12.8 Å². The number of hydrogen-bond donors (Lipinski definition) is 1. The average Bonchev–Trinajstić information content (AvgIpc) is 3.14. The van der Waals surface area contributed by atoms with Crippen molar-refractivity contribution in [3.63, 3.8) is 0 Å². The van der Waals surface area contributed by atoms with Crippen LogP contribution in [0.25, 0.3) is 0 Å². The molecule has 1 aromatic rings. The van der Waals surface area contributed by atoms with E-state index in [1.807, 2.05) is 18.2 Å². The van der Waals surface area contributed by atoms with Gasteiger partial charge in [0, 0.05) is 0 Å². The van der Waals surface area contributed by atoms with Gasteiger partial charge in [-0.15, -0.1) is 0 Å². The lowest BCUT2D eigenvalue weighted by Gasteiger charge is -2.20. The molecule has 1 aliphatic rings. The SMILES string of the molecule is CC(C)(Cc1cccc(OCC2CC2)c1Cl)C(=O)O. The third-order valence-electron chi connectivity index (χ3n) is 3.43. The van der Waals surface area contributed by atoms with Crippen molar-refractivity contribution in [3.05, 3.63) is 28.8 Å². The van der Waals surface area contributed by atoms with E-state index in [2.05, 4.69) is 0 Å². The van der Waals surface area contributed by atoms with E-state index in [9.17, 15) is 9.90 Å². The minimum atomic E-state index is -0.835. The van der Waals surface area contributed by atoms with Crippen LogP contribution in [0.4, 0.5) is 0 Å². The summed E-state index contributed by atoms with van der Waals surface area (Å²) in [6.45, 7) is 4.10. The first-order valence-electron chi connectivity index (χ1n) is 6.54. The highest BCUT2D eigenvalue weighted by atomic mass is 35.5. The number of benzene rings is 1. The molecule has 0 atom stereocenters. The van der Waals surface area contributed by atoms with E-state index in [-0.39, 0.29) is 0 Å². The molecule has 0 heterocycles. The standard InChI is InChI=1S/C15H19ClO3/c1-15(2,14(17)18)8-11-4-3-5-12(13(11)16)19-9-10-6-7-10/h3-5,10H,6-9H2,1-2H3,(H,17,18). The summed E-state index contributed by atoms with van der Waals surface area (Å²) in [6.07, 6.45) is 2.84. The molecule has 0 aromatic heterocycles. The molecule has 0 unspecified atom stereocenters. The van der Waals surface area contributed by atoms with Crippen LogP contribution in [0.1, 0.15) is 32.3 Å². The van der Waals surface area contributed by atoms with Gasteiger partial charge in [0.15, 0.2) is 0 Å². The van der Waals surface area contributed by atoms with Crippen LogP contribution in [0.2, 0.25) is 5.02 Å². The first-order valence-corrected chi connectivity index (χ1v) is 6.91. The minimum Gasteiger partial charge on any atom is -0.492 e. The van der Waals surface area contributed by atoms with E-state index < -0.39 is 11.4 Å². The summed E-state index contributed by atoms with van der Waals surface area (Å²) in [5.74, 6) is 0.496. The lowest BCUT2D eigenvalue weighted by atomic mass is 9.86.